The van der Waals surface area contributed by atoms with Gasteiger partial charge in [0.25, 0.3) is 0 Å². The molecular formula is C19H40O6. The fraction of sp³-hybridized carbons (Fsp3) is 0.947. The topological polar surface area (TPSA) is 107 Å². The fourth-order valence-corrected chi connectivity index (χ4v) is 1.73. The summed E-state index contributed by atoms with van der Waals surface area (Å²) in [6.45, 7) is 11.1. The third-order valence-electron chi connectivity index (χ3n) is 4.45. The van der Waals surface area contributed by atoms with E-state index < -0.39 is 16.8 Å². The van der Waals surface area contributed by atoms with Crippen LogP contribution in [0.3, 0.4) is 0 Å². The van der Waals surface area contributed by atoms with Crippen molar-refractivity contribution < 1.29 is 30.0 Å². The minimum absolute atomic E-state index is 0.0418. The Labute approximate surface area is 153 Å². The molecule has 0 bridgehead atoms. The van der Waals surface area contributed by atoms with E-state index in [9.17, 15) is 4.79 Å². The highest BCUT2D eigenvalue weighted by molar-refractivity contribution is 5.76. The van der Waals surface area contributed by atoms with Crippen LogP contribution in [0.2, 0.25) is 0 Å². The van der Waals surface area contributed by atoms with Crippen LogP contribution in [-0.4, -0.2) is 59.4 Å². The summed E-state index contributed by atoms with van der Waals surface area (Å²) in [7, 11) is 0. The Morgan fingerprint density at radius 1 is 0.880 bits per heavy atom. The molecule has 0 radical (unpaired) electrons. The molecule has 25 heavy (non-hydrogen) atoms. The van der Waals surface area contributed by atoms with Gasteiger partial charge in [0.15, 0.2) is 0 Å². The summed E-state index contributed by atoms with van der Waals surface area (Å²) in [5.41, 5.74) is -1.51. The maximum atomic E-state index is 11.4. The van der Waals surface area contributed by atoms with Crippen LogP contribution in [0, 0.1) is 16.2 Å². The highest BCUT2D eigenvalue weighted by atomic mass is 16.5. The average Bonchev–Trinajstić information content (AvgIpc) is 2.62. The molecule has 0 unspecified atom stereocenters. The molecule has 0 atom stereocenters. The second-order valence-electron chi connectivity index (χ2n) is 8.21. The van der Waals surface area contributed by atoms with Crippen LogP contribution in [-0.2, 0) is 9.53 Å². The molecule has 0 heterocycles. The normalized spacial score (nSPS) is 12.4. The van der Waals surface area contributed by atoms with Crippen LogP contribution < -0.4 is 0 Å². The lowest BCUT2D eigenvalue weighted by Crippen LogP contribution is -2.34. The maximum absolute atomic E-state index is 11.4. The molecule has 4 N–H and O–H groups in total. The standard InChI is InChI=1S/C10H20O4.C9H20O2/c1-9(2,5-11)7-14-8(13)10(3,4)6-12;1-3-5-6-9(4-2,7-10)8-11/h11-12H,5-7H2,1-4H3;10-11H,3-8H2,1-2H3. The van der Waals surface area contributed by atoms with Crippen molar-refractivity contribution in [2.24, 2.45) is 16.2 Å². The van der Waals surface area contributed by atoms with Gasteiger partial charge in [-0.3, -0.25) is 4.79 Å². The van der Waals surface area contributed by atoms with Gasteiger partial charge in [-0.2, -0.15) is 0 Å². The molecule has 0 aromatic rings. The number of esters is 1. The Balaban J connectivity index is 0. The lowest BCUT2D eigenvalue weighted by Gasteiger charge is -2.27. The van der Waals surface area contributed by atoms with E-state index >= 15 is 0 Å². The molecule has 0 rings (SSSR count). The molecule has 0 fully saturated rings. The van der Waals surface area contributed by atoms with Crippen LogP contribution in [0.25, 0.3) is 0 Å². The minimum Gasteiger partial charge on any atom is -0.465 e. The van der Waals surface area contributed by atoms with Crippen molar-refractivity contribution in [3.63, 3.8) is 0 Å². The molecular weight excluding hydrogens is 324 g/mol. The molecule has 0 aliphatic heterocycles. The largest absolute Gasteiger partial charge is 0.465 e. The molecule has 0 spiro atoms. The lowest BCUT2D eigenvalue weighted by atomic mass is 9.82. The number of rotatable bonds is 11. The lowest BCUT2D eigenvalue weighted by molar-refractivity contribution is -0.159. The van der Waals surface area contributed by atoms with Crippen molar-refractivity contribution in [3.8, 4) is 0 Å². The van der Waals surface area contributed by atoms with Gasteiger partial charge < -0.3 is 25.2 Å². The smallest absolute Gasteiger partial charge is 0.313 e. The van der Waals surface area contributed by atoms with Gasteiger partial charge in [-0.1, -0.05) is 40.5 Å². The number of hydrogen-bond donors (Lipinski definition) is 4. The summed E-state index contributed by atoms with van der Waals surface area (Å²) >= 11 is 0. The Bertz CT molecular complexity index is 340. The van der Waals surface area contributed by atoms with Crippen molar-refractivity contribution in [2.75, 3.05) is 33.0 Å². The summed E-state index contributed by atoms with van der Waals surface area (Å²) in [4.78, 5) is 11.4. The van der Waals surface area contributed by atoms with Gasteiger partial charge in [-0.05, 0) is 26.7 Å². The van der Waals surface area contributed by atoms with Crippen molar-refractivity contribution in [2.45, 2.75) is 67.2 Å². The summed E-state index contributed by atoms with van der Waals surface area (Å²) in [5.74, 6) is -0.443. The molecule has 0 aliphatic carbocycles. The van der Waals surface area contributed by atoms with Crippen LogP contribution >= 0.6 is 0 Å². The number of unbranched alkanes of at least 4 members (excludes halogenated alkanes) is 1. The van der Waals surface area contributed by atoms with Crippen LogP contribution in [0.4, 0.5) is 0 Å². The van der Waals surface area contributed by atoms with E-state index in [-0.39, 0.29) is 38.4 Å². The highest BCUT2D eigenvalue weighted by Gasteiger charge is 2.30. The zero-order valence-corrected chi connectivity index (χ0v) is 17.0. The predicted octanol–water partition coefficient (Wildman–Crippen LogP) is 2.12. The van der Waals surface area contributed by atoms with Crippen molar-refractivity contribution in [1.29, 1.82) is 0 Å². The number of carbonyl (C=O) groups is 1. The van der Waals surface area contributed by atoms with Crippen molar-refractivity contribution in [1.82, 2.24) is 0 Å². The first-order valence-corrected chi connectivity index (χ1v) is 9.10. The third-order valence-corrected chi connectivity index (χ3v) is 4.45. The van der Waals surface area contributed by atoms with E-state index in [0.717, 1.165) is 25.7 Å². The Morgan fingerprint density at radius 2 is 1.40 bits per heavy atom. The second kappa shape index (κ2) is 12.6. The number of hydrogen-bond acceptors (Lipinski definition) is 6. The van der Waals surface area contributed by atoms with Crippen LogP contribution in [0.1, 0.15) is 67.2 Å². The zero-order chi connectivity index (χ0) is 20.1. The van der Waals surface area contributed by atoms with Gasteiger partial charge in [0.1, 0.15) is 0 Å². The van der Waals surface area contributed by atoms with E-state index in [0.29, 0.717) is 0 Å². The number of aliphatic hydroxyl groups is 4. The highest BCUT2D eigenvalue weighted by Crippen LogP contribution is 2.27. The fourth-order valence-electron chi connectivity index (χ4n) is 1.73. The SMILES string of the molecule is CC(C)(CO)COC(=O)C(C)(C)CO.CCCCC(CC)(CO)CO. The first-order chi connectivity index (χ1) is 11.5. The van der Waals surface area contributed by atoms with Gasteiger partial charge in [-0.25, -0.2) is 0 Å². The zero-order valence-electron chi connectivity index (χ0n) is 17.0. The predicted molar refractivity (Wildman–Crippen MR) is 99.1 cm³/mol. The van der Waals surface area contributed by atoms with Crippen molar-refractivity contribution in [3.05, 3.63) is 0 Å². The van der Waals surface area contributed by atoms with Gasteiger partial charge in [0.05, 0.1) is 38.4 Å². The average molecular weight is 365 g/mol. The molecule has 0 aromatic heterocycles. The monoisotopic (exact) mass is 364 g/mol. The molecule has 0 amide bonds. The van der Waals surface area contributed by atoms with E-state index in [1.165, 1.54) is 0 Å². The van der Waals surface area contributed by atoms with Gasteiger partial charge >= 0.3 is 5.97 Å². The van der Waals surface area contributed by atoms with E-state index in [4.69, 9.17) is 25.2 Å². The van der Waals surface area contributed by atoms with Gasteiger partial charge in [0.2, 0.25) is 0 Å². The Morgan fingerprint density at radius 3 is 1.72 bits per heavy atom. The van der Waals surface area contributed by atoms with E-state index in [1.54, 1.807) is 27.7 Å². The first-order valence-electron chi connectivity index (χ1n) is 9.10. The quantitative estimate of drug-likeness (QED) is 0.418. The first kappa shape index (κ1) is 26.5. The van der Waals surface area contributed by atoms with Gasteiger partial charge in [-0.15, -0.1) is 0 Å². The summed E-state index contributed by atoms with van der Waals surface area (Å²) in [5, 5.41) is 35.9. The molecule has 152 valence electrons. The molecule has 0 saturated heterocycles. The van der Waals surface area contributed by atoms with Crippen LogP contribution in [0.5, 0.6) is 0 Å². The summed E-state index contributed by atoms with van der Waals surface area (Å²) in [6, 6.07) is 0. The molecule has 6 nitrogen and oxygen atoms in total. The van der Waals surface area contributed by atoms with E-state index in [2.05, 4.69) is 6.92 Å². The molecule has 0 aromatic carbocycles. The van der Waals surface area contributed by atoms with E-state index in [1.807, 2.05) is 6.92 Å². The molecule has 6 heteroatoms. The number of carbonyl (C=O) groups excluding carboxylic acids is 1. The third kappa shape index (κ3) is 10.8. The maximum Gasteiger partial charge on any atom is 0.313 e. The second-order valence-corrected chi connectivity index (χ2v) is 8.21. The number of ether oxygens (including phenoxy) is 1. The van der Waals surface area contributed by atoms with Crippen LogP contribution in [0.15, 0.2) is 0 Å². The summed E-state index contributed by atoms with van der Waals surface area (Å²) in [6.07, 6.45) is 4.02. The molecule has 0 aliphatic rings. The molecule has 0 saturated carbocycles. The summed E-state index contributed by atoms with van der Waals surface area (Å²) < 4.78 is 4.99. The Hall–Kier alpha value is -0.690. The number of aliphatic hydroxyl groups excluding tert-OH is 4. The minimum atomic E-state index is -0.870. The van der Waals surface area contributed by atoms with Crippen molar-refractivity contribution >= 4 is 5.97 Å². The van der Waals surface area contributed by atoms with Gasteiger partial charge in [0, 0.05) is 10.8 Å². The Kier molecular flexibility index (Phi) is 13.4.